The smallest absolute Gasteiger partial charge is 0.293 e. The molecule has 3 amide bonds. The second kappa shape index (κ2) is 8.48. The number of fused-ring (bicyclic) bond motifs is 1. The summed E-state index contributed by atoms with van der Waals surface area (Å²) in [6.07, 6.45) is 1.58. The van der Waals surface area contributed by atoms with Crippen molar-refractivity contribution < 1.29 is 28.8 Å². The molecule has 10 nitrogen and oxygen atoms in total. The highest BCUT2D eigenvalue weighted by Gasteiger charge is 2.35. The summed E-state index contributed by atoms with van der Waals surface area (Å²) in [5.74, 6) is 0.0353. The summed E-state index contributed by atoms with van der Waals surface area (Å²) in [6.45, 7) is 0.0307. The number of hydrogen-bond donors (Lipinski definition) is 1. The zero-order valence-corrected chi connectivity index (χ0v) is 16.7. The Kier molecular flexibility index (Phi) is 5.58. The molecule has 0 aliphatic carbocycles. The number of ether oxygens (including phenoxy) is 2. The van der Waals surface area contributed by atoms with E-state index in [4.69, 9.17) is 9.47 Å². The Labute approximate surface area is 180 Å². The number of hydrogen-bond acceptors (Lipinski definition) is 8. The molecule has 31 heavy (non-hydrogen) atoms. The fourth-order valence-electron chi connectivity index (χ4n) is 3.05. The second-order valence-corrected chi connectivity index (χ2v) is 7.47. The predicted molar refractivity (Wildman–Crippen MR) is 111 cm³/mol. The van der Waals surface area contributed by atoms with Gasteiger partial charge in [-0.3, -0.25) is 29.4 Å². The minimum atomic E-state index is -0.657. The fraction of sp³-hybridized carbons (Fsp3) is 0.150. The van der Waals surface area contributed by atoms with Gasteiger partial charge in [0.15, 0.2) is 11.5 Å². The number of amides is 3. The molecule has 0 bridgehead atoms. The summed E-state index contributed by atoms with van der Waals surface area (Å²) in [5, 5.41) is 13.1. The third kappa shape index (κ3) is 4.21. The Morgan fingerprint density at radius 2 is 1.97 bits per heavy atom. The molecule has 0 radical (unpaired) electrons. The first-order chi connectivity index (χ1) is 14.9. The Hall–Kier alpha value is -3.86. The molecule has 4 rings (SSSR count). The maximum Gasteiger partial charge on any atom is 0.293 e. The summed E-state index contributed by atoms with van der Waals surface area (Å²) >= 11 is 0.796. The number of nitrogens with zero attached hydrogens (tertiary/aromatic N) is 2. The lowest BCUT2D eigenvalue weighted by Crippen LogP contribution is -2.37. The molecule has 0 atom stereocenters. The van der Waals surface area contributed by atoms with Crippen molar-refractivity contribution in [2.45, 2.75) is 0 Å². The summed E-state index contributed by atoms with van der Waals surface area (Å²) in [6, 6.07) is 10.7. The first-order valence-electron chi connectivity index (χ1n) is 9.10. The van der Waals surface area contributed by atoms with E-state index in [1.807, 2.05) is 0 Å². The quantitative estimate of drug-likeness (QED) is 0.412. The van der Waals surface area contributed by atoms with Gasteiger partial charge in [0.1, 0.15) is 5.56 Å². The van der Waals surface area contributed by atoms with E-state index in [1.54, 1.807) is 24.3 Å². The highest BCUT2D eigenvalue weighted by molar-refractivity contribution is 8.18. The Balaban J connectivity index is 1.39. The van der Waals surface area contributed by atoms with Crippen molar-refractivity contribution in [3.63, 3.8) is 0 Å². The minimum absolute atomic E-state index is 0.0414. The number of imide groups is 1. The van der Waals surface area contributed by atoms with Crippen molar-refractivity contribution in [2.75, 3.05) is 19.9 Å². The van der Waals surface area contributed by atoms with E-state index in [0.29, 0.717) is 17.1 Å². The third-order valence-electron chi connectivity index (χ3n) is 4.53. The van der Waals surface area contributed by atoms with E-state index in [1.165, 1.54) is 24.3 Å². The fourth-order valence-corrected chi connectivity index (χ4v) is 3.91. The van der Waals surface area contributed by atoms with E-state index in [2.05, 4.69) is 5.32 Å². The molecule has 2 aromatic carbocycles. The normalized spacial score (nSPS) is 16.1. The molecule has 11 heteroatoms. The standard InChI is InChI=1S/C20H15N3O7S/c24-18(13-3-1-2-4-14(13)23(27)28)21-7-8-22-19(25)17(31-20(22)26)10-12-5-6-15-16(9-12)30-11-29-15/h1-6,9-10H,7-8,11H2,(H,21,24)/b17-10-. The molecule has 2 aromatic rings. The van der Waals surface area contributed by atoms with Crippen molar-refractivity contribution in [3.8, 4) is 11.5 Å². The lowest BCUT2D eigenvalue weighted by Gasteiger charge is -2.13. The number of para-hydroxylation sites is 1. The van der Waals surface area contributed by atoms with Crippen LogP contribution in [-0.2, 0) is 4.79 Å². The highest BCUT2D eigenvalue weighted by atomic mass is 32.2. The molecular formula is C20H15N3O7S. The van der Waals surface area contributed by atoms with E-state index in [9.17, 15) is 24.5 Å². The zero-order chi connectivity index (χ0) is 22.0. The lowest BCUT2D eigenvalue weighted by molar-refractivity contribution is -0.385. The zero-order valence-electron chi connectivity index (χ0n) is 15.9. The van der Waals surface area contributed by atoms with E-state index >= 15 is 0 Å². The molecule has 0 aromatic heterocycles. The Morgan fingerprint density at radius 3 is 2.77 bits per heavy atom. The van der Waals surface area contributed by atoms with Crippen LogP contribution in [0, 0.1) is 10.1 Å². The number of rotatable bonds is 6. The minimum Gasteiger partial charge on any atom is -0.454 e. The average Bonchev–Trinajstić information content (AvgIpc) is 3.33. The number of carbonyl (C=O) groups is 3. The van der Waals surface area contributed by atoms with Gasteiger partial charge >= 0.3 is 0 Å². The predicted octanol–water partition coefficient (Wildman–Crippen LogP) is 2.79. The molecule has 1 fully saturated rings. The molecular weight excluding hydrogens is 426 g/mol. The molecule has 1 saturated heterocycles. The van der Waals surface area contributed by atoms with E-state index in [-0.39, 0.29) is 36.0 Å². The van der Waals surface area contributed by atoms with Crippen LogP contribution in [0.25, 0.3) is 6.08 Å². The van der Waals surface area contributed by atoms with Crippen molar-refractivity contribution in [3.05, 3.63) is 68.6 Å². The number of thioether (sulfide) groups is 1. The van der Waals surface area contributed by atoms with Crippen LogP contribution in [0.2, 0.25) is 0 Å². The molecule has 0 unspecified atom stereocenters. The molecule has 2 aliphatic rings. The Bertz CT molecular complexity index is 1130. The summed E-state index contributed by atoms with van der Waals surface area (Å²) < 4.78 is 10.6. The van der Waals surface area contributed by atoms with Gasteiger partial charge in [-0.2, -0.15) is 0 Å². The third-order valence-corrected chi connectivity index (χ3v) is 5.44. The second-order valence-electron chi connectivity index (χ2n) is 6.48. The van der Waals surface area contributed by atoms with Gasteiger partial charge in [0.05, 0.1) is 9.83 Å². The summed E-state index contributed by atoms with van der Waals surface area (Å²) in [5.41, 5.74) is 0.265. The average molecular weight is 441 g/mol. The SMILES string of the molecule is O=C(NCCN1C(=O)S/C(=C\c2ccc3c(c2)OCO3)C1=O)c1ccccc1[N+](=O)[O-]. The maximum absolute atomic E-state index is 12.6. The molecule has 2 heterocycles. The maximum atomic E-state index is 12.6. The van der Waals surface area contributed by atoms with Gasteiger partial charge in [0.25, 0.3) is 22.7 Å². The van der Waals surface area contributed by atoms with E-state index in [0.717, 1.165) is 16.7 Å². The van der Waals surface area contributed by atoms with Crippen molar-refractivity contribution in [2.24, 2.45) is 0 Å². The van der Waals surface area contributed by atoms with Crippen LogP contribution in [-0.4, -0.2) is 46.8 Å². The van der Waals surface area contributed by atoms with Gasteiger partial charge in [-0.15, -0.1) is 0 Å². The molecule has 2 aliphatic heterocycles. The van der Waals surface area contributed by atoms with Gasteiger partial charge in [0.2, 0.25) is 6.79 Å². The molecule has 0 saturated carbocycles. The summed E-state index contributed by atoms with van der Waals surface area (Å²) in [7, 11) is 0. The van der Waals surface area contributed by atoms with Gasteiger partial charge < -0.3 is 14.8 Å². The first kappa shape index (κ1) is 20.4. The Morgan fingerprint density at radius 1 is 1.19 bits per heavy atom. The largest absolute Gasteiger partial charge is 0.454 e. The number of nitrogens with one attached hydrogen (secondary N) is 1. The number of carbonyl (C=O) groups excluding carboxylic acids is 3. The van der Waals surface area contributed by atoms with E-state index < -0.39 is 22.0 Å². The monoisotopic (exact) mass is 441 g/mol. The van der Waals surface area contributed by atoms with Gasteiger partial charge in [0, 0.05) is 19.2 Å². The van der Waals surface area contributed by atoms with Gasteiger partial charge in [-0.1, -0.05) is 18.2 Å². The number of nitro groups is 1. The van der Waals surface area contributed by atoms with Crippen LogP contribution >= 0.6 is 11.8 Å². The number of nitro benzene ring substituents is 1. The van der Waals surface area contributed by atoms with Crippen molar-refractivity contribution in [1.82, 2.24) is 10.2 Å². The van der Waals surface area contributed by atoms with Gasteiger partial charge in [-0.25, -0.2) is 0 Å². The molecule has 0 spiro atoms. The van der Waals surface area contributed by atoms with Crippen LogP contribution in [0.1, 0.15) is 15.9 Å². The topological polar surface area (TPSA) is 128 Å². The van der Waals surface area contributed by atoms with Crippen LogP contribution < -0.4 is 14.8 Å². The first-order valence-corrected chi connectivity index (χ1v) is 9.92. The molecule has 158 valence electrons. The van der Waals surface area contributed by atoms with Crippen LogP contribution in [0.3, 0.4) is 0 Å². The van der Waals surface area contributed by atoms with Crippen LogP contribution in [0.5, 0.6) is 11.5 Å². The molecule has 1 N–H and O–H groups in total. The van der Waals surface area contributed by atoms with Crippen molar-refractivity contribution >= 4 is 40.6 Å². The number of benzene rings is 2. The highest BCUT2D eigenvalue weighted by Crippen LogP contribution is 2.36. The van der Waals surface area contributed by atoms with Crippen molar-refractivity contribution in [1.29, 1.82) is 0 Å². The van der Waals surface area contributed by atoms with Crippen LogP contribution in [0.15, 0.2) is 47.4 Å². The lowest BCUT2D eigenvalue weighted by atomic mass is 10.1. The van der Waals surface area contributed by atoms with Crippen LogP contribution in [0.4, 0.5) is 10.5 Å². The van der Waals surface area contributed by atoms with Gasteiger partial charge in [-0.05, 0) is 41.6 Å². The summed E-state index contributed by atoms with van der Waals surface area (Å²) in [4.78, 5) is 48.8.